The van der Waals surface area contributed by atoms with E-state index in [0.29, 0.717) is 13.1 Å². The van der Waals surface area contributed by atoms with Crippen molar-refractivity contribution >= 4 is 21.8 Å². The fraction of sp³-hybridized carbons (Fsp3) is 0.571. The summed E-state index contributed by atoms with van der Waals surface area (Å²) in [7, 11) is -3.81. The molecule has 2 rings (SSSR count). The zero-order valence-electron chi connectivity index (χ0n) is 12.3. The van der Waals surface area contributed by atoms with Gasteiger partial charge in [0.15, 0.2) is 0 Å². The van der Waals surface area contributed by atoms with Crippen LogP contribution in [0.15, 0.2) is 23.1 Å². The first-order valence-corrected chi connectivity index (χ1v) is 9.67. The van der Waals surface area contributed by atoms with E-state index in [1.165, 1.54) is 12.1 Å². The van der Waals surface area contributed by atoms with Gasteiger partial charge >= 0.3 is 0 Å². The van der Waals surface area contributed by atoms with Crippen LogP contribution in [0.2, 0.25) is 0 Å². The molecule has 1 aliphatic carbocycles. The first-order valence-electron chi connectivity index (χ1n) is 6.96. The van der Waals surface area contributed by atoms with Crippen molar-refractivity contribution in [1.82, 2.24) is 10.0 Å². The van der Waals surface area contributed by atoms with Gasteiger partial charge in [-0.25, -0.2) is 17.5 Å². The summed E-state index contributed by atoms with van der Waals surface area (Å²) in [6.45, 7) is 3.61. The van der Waals surface area contributed by atoms with E-state index in [-0.39, 0.29) is 9.64 Å². The molecule has 1 fully saturated rings. The van der Waals surface area contributed by atoms with Crippen LogP contribution >= 0.6 is 11.8 Å². The average Bonchev–Trinajstić information content (AvgIpc) is 3.25. The van der Waals surface area contributed by atoms with Crippen molar-refractivity contribution in [1.29, 1.82) is 0 Å². The first kappa shape index (κ1) is 16.7. The molecule has 21 heavy (non-hydrogen) atoms. The maximum Gasteiger partial charge on any atom is 0.243 e. The van der Waals surface area contributed by atoms with Crippen molar-refractivity contribution in [3.05, 3.63) is 29.6 Å². The third-order valence-electron chi connectivity index (χ3n) is 3.69. The highest BCUT2D eigenvalue weighted by atomic mass is 32.2. The van der Waals surface area contributed by atoms with Crippen LogP contribution in [0.1, 0.15) is 25.3 Å². The lowest BCUT2D eigenvalue weighted by Crippen LogP contribution is -2.32. The second-order valence-electron chi connectivity index (χ2n) is 5.26. The van der Waals surface area contributed by atoms with Crippen molar-refractivity contribution in [2.24, 2.45) is 0 Å². The van der Waals surface area contributed by atoms with Crippen LogP contribution in [0.5, 0.6) is 0 Å². The van der Waals surface area contributed by atoms with Gasteiger partial charge in [0.1, 0.15) is 10.7 Å². The molecule has 7 heteroatoms. The summed E-state index contributed by atoms with van der Waals surface area (Å²) >= 11 is 1.66. The highest BCUT2D eigenvalue weighted by molar-refractivity contribution is 8.00. The van der Waals surface area contributed by atoms with Gasteiger partial charge in [0.25, 0.3) is 0 Å². The van der Waals surface area contributed by atoms with E-state index >= 15 is 0 Å². The van der Waals surface area contributed by atoms with Gasteiger partial charge < -0.3 is 5.32 Å². The van der Waals surface area contributed by atoms with Crippen LogP contribution in [0, 0.1) is 5.82 Å². The molecule has 1 saturated carbocycles. The van der Waals surface area contributed by atoms with Crippen molar-refractivity contribution in [2.75, 3.05) is 19.3 Å². The van der Waals surface area contributed by atoms with E-state index < -0.39 is 15.8 Å². The maximum absolute atomic E-state index is 13.9. The number of benzene rings is 1. The second-order valence-corrected chi connectivity index (χ2v) is 8.27. The molecule has 0 bridgehead atoms. The van der Waals surface area contributed by atoms with Gasteiger partial charge in [-0.15, -0.1) is 0 Å². The molecule has 0 amide bonds. The number of rotatable bonds is 8. The molecular formula is C14H21FN2O2S2. The average molecular weight is 332 g/mol. The van der Waals surface area contributed by atoms with E-state index in [1.54, 1.807) is 17.8 Å². The first-order chi connectivity index (χ1) is 9.92. The summed E-state index contributed by atoms with van der Waals surface area (Å²) in [4.78, 5) is -0.269. The Kier molecular flexibility index (Phi) is 5.29. The molecule has 0 radical (unpaired) electrons. The maximum atomic E-state index is 13.9. The predicted molar refractivity (Wildman–Crippen MR) is 84.4 cm³/mol. The molecule has 0 saturated heterocycles. The number of nitrogens with one attached hydrogen (secondary N) is 2. The van der Waals surface area contributed by atoms with Crippen LogP contribution in [0.4, 0.5) is 4.39 Å². The lowest BCUT2D eigenvalue weighted by molar-refractivity contribution is 0.554. The quantitative estimate of drug-likeness (QED) is 0.765. The molecular weight excluding hydrogens is 311 g/mol. The van der Waals surface area contributed by atoms with E-state index in [9.17, 15) is 12.8 Å². The van der Waals surface area contributed by atoms with E-state index in [2.05, 4.69) is 10.0 Å². The summed E-state index contributed by atoms with van der Waals surface area (Å²) in [5.74, 6) is -0.711. The Morgan fingerprint density at radius 3 is 2.67 bits per heavy atom. The molecule has 1 aliphatic rings. The van der Waals surface area contributed by atoms with Crippen LogP contribution in [-0.2, 0) is 16.6 Å². The monoisotopic (exact) mass is 332 g/mol. The van der Waals surface area contributed by atoms with Crippen molar-refractivity contribution in [3.8, 4) is 0 Å². The van der Waals surface area contributed by atoms with Crippen molar-refractivity contribution in [3.63, 3.8) is 0 Å². The summed E-state index contributed by atoms with van der Waals surface area (Å²) in [6, 6.07) is 4.21. The fourth-order valence-electron chi connectivity index (χ4n) is 2.03. The smallest absolute Gasteiger partial charge is 0.243 e. The second kappa shape index (κ2) is 6.64. The minimum Gasteiger partial charge on any atom is -0.313 e. The van der Waals surface area contributed by atoms with Gasteiger partial charge in [-0.3, -0.25) is 0 Å². The number of sulfonamides is 1. The molecule has 0 unspecified atom stereocenters. The van der Waals surface area contributed by atoms with Gasteiger partial charge in [0.05, 0.1) is 0 Å². The minimum atomic E-state index is -3.81. The van der Waals surface area contributed by atoms with E-state index in [0.717, 1.165) is 24.9 Å². The predicted octanol–water partition coefficient (Wildman–Crippen LogP) is 2.11. The topological polar surface area (TPSA) is 58.2 Å². The lowest BCUT2D eigenvalue weighted by Gasteiger charge is -2.14. The molecule has 0 spiro atoms. The van der Waals surface area contributed by atoms with E-state index in [1.807, 2.05) is 13.2 Å². The van der Waals surface area contributed by atoms with Gasteiger partial charge in [0, 0.05) is 17.8 Å². The Morgan fingerprint density at radius 2 is 2.10 bits per heavy atom. The minimum absolute atomic E-state index is 0.00488. The Labute approximate surface area is 129 Å². The van der Waals surface area contributed by atoms with Crippen LogP contribution in [0.25, 0.3) is 0 Å². The Balaban J connectivity index is 2.14. The highest BCUT2D eigenvalue weighted by Gasteiger charge is 2.42. The number of hydrogen-bond donors (Lipinski definition) is 2. The van der Waals surface area contributed by atoms with E-state index in [4.69, 9.17) is 0 Å². The molecule has 118 valence electrons. The van der Waals surface area contributed by atoms with Crippen LogP contribution < -0.4 is 10.0 Å². The van der Waals surface area contributed by atoms with Gasteiger partial charge in [-0.05, 0) is 43.3 Å². The Hall–Kier alpha value is -0.630. The Morgan fingerprint density at radius 1 is 1.38 bits per heavy atom. The van der Waals surface area contributed by atoms with Crippen molar-refractivity contribution < 1.29 is 12.8 Å². The lowest BCUT2D eigenvalue weighted by atomic mass is 10.2. The summed E-state index contributed by atoms with van der Waals surface area (Å²) < 4.78 is 41.0. The standard InChI is InChI=1S/C14H21FN2O2S2/c1-3-16-9-11-4-5-12(15)13(8-11)21(18,19)17-10-14(20-2)6-7-14/h4-5,8,16-17H,3,6-7,9-10H2,1-2H3. The molecule has 0 aliphatic heterocycles. The molecule has 2 N–H and O–H groups in total. The van der Waals surface area contributed by atoms with Gasteiger partial charge in [-0.2, -0.15) is 11.8 Å². The van der Waals surface area contributed by atoms with Gasteiger partial charge in [0.2, 0.25) is 10.0 Å². The zero-order chi connectivity index (χ0) is 15.5. The Bertz CT molecular complexity index is 601. The van der Waals surface area contributed by atoms with Gasteiger partial charge in [-0.1, -0.05) is 13.0 Å². The summed E-state index contributed by atoms with van der Waals surface area (Å²) in [5, 5.41) is 3.10. The third-order valence-corrected chi connectivity index (χ3v) is 6.52. The number of thioether (sulfide) groups is 1. The molecule has 0 aromatic heterocycles. The number of halogens is 1. The molecule has 1 aromatic carbocycles. The molecule has 0 atom stereocenters. The SMILES string of the molecule is CCNCc1ccc(F)c(S(=O)(=O)NCC2(SC)CC2)c1. The zero-order valence-corrected chi connectivity index (χ0v) is 13.9. The summed E-state index contributed by atoms with van der Waals surface area (Å²) in [5.41, 5.74) is 0.754. The van der Waals surface area contributed by atoms with Crippen LogP contribution in [-0.4, -0.2) is 32.5 Å². The molecule has 0 heterocycles. The highest BCUT2D eigenvalue weighted by Crippen LogP contribution is 2.46. The summed E-state index contributed by atoms with van der Waals surface area (Å²) in [6.07, 6.45) is 3.97. The fourth-order valence-corrected chi connectivity index (χ4v) is 4.10. The molecule has 4 nitrogen and oxygen atoms in total. The normalized spacial score (nSPS) is 16.9. The largest absolute Gasteiger partial charge is 0.313 e. The molecule has 1 aromatic rings. The van der Waals surface area contributed by atoms with Crippen molar-refractivity contribution in [2.45, 2.75) is 36.0 Å². The third kappa shape index (κ3) is 4.18. The number of hydrogen-bond acceptors (Lipinski definition) is 4. The van der Waals surface area contributed by atoms with Crippen LogP contribution in [0.3, 0.4) is 0 Å².